The lowest BCUT2D eigenvalue weighted by Crippen LogP contribution is -2.65. The van der Waals surface area contributed by atoms with Crippen LogP contribution in [0.1, 0.15) is 33.4 Å². The number of H-pyrrole nitrogens is 1. The number of carbonyl (C=O) groups excluding carboxylic acids is 2. The first-order valence-corrected chi connectivity index (χ1v) is 10.0. The van der Waals surface area contributed by atoms with Crippen LogP contribution >= 0.6 is 0 Å². The lowest BCUT2D eigenvalue weighted by molar-refractivity contribution is -0.139. The third kappa shape index (κ3) is 4.16. The lowest BCUT2D eigenvalue weighted by atomic mass is 9.73. The smallest absolute Gasteiger partial charge is 0.291 e. The predicted molar refractivity (Wildman–Crippen MR) is 111 cm³/mol. The van der Waals surface area contributed by atoms with E-state index in [2.05, 4.69) is 20.5 Å². The van der Waals surface area contributed by atoms with Gasteiger partial charge in [0.05, 0.1) is 30.5 Å². The van der Waals surface area contributed by atoms with Crippen molar-refractivity contribution in [1.29, 1.82) is 0 Å². The molecule has 2 N–H and O–H groups in total. The van der Waals surface area contributed by atoms with Gasteiger partial charge in [-0.25, -0.2) is 4.98 Å². The van der Waals surface area contributed by atoms with Crippen molar-refractivity contribution in [1.82, 2.24) is 25.4 Å². The average Bonchev–Trinajstić information content (AvgIpc) is 3.37. The van der Waals surface area contributed by atoms with E-state index in [9.17, 15) is 9.59 Å². The summed E-state index contributed by atoms with van der Waals surface area (Å²) in [4.78, 5) is 31.9. The molecule has 3 aromatic rings. The number of rotatable bonds is 7. The topological polar surface area (TPSA) is 113 Å². The molecule has 2 amide bonds. The summed E-state index contributed by atoms with van der Waals surface area (Å²) < 4.78 is 10.8. The summed E-state index contributed by atoms with van der Waals surface area (Å²) in [5, 5.41) is 9.72. The number of aromatic amines is 1. The number of aromatic nitrogens is 3. The fourth-order valence-corrected chi connectivity index (χ4v) is 3.96. The van der Waals surface area contributed by atoms with Crippen molar-refractivity contribution in [3.8, 4) is 5.75 Å². The molecular formula is C22H25N5O4. The second kappa shape index (κ2) is 8.25. The third-order valence-corrected chi connectivity index (χ3v) is 5.53. The minimum atomic E-state index is -0.745. The van der Waals surface area contributed by atoms with Gasteiger partial charge in [0.2, 0.25) is 11.7 Å². The maximum absolute atomic E-state index is 13.2. The summed E-state index contributed by atoms with van der Waals surface area (Å²) in [6.07, 6.45) is 2.12. The molecule has 1 fully saturated rings. The molecule has 0 aliphatic carbocycles. The van der Waals surface area contributed by atoms with Crippen molar-refractivity contribution in [2.45, 2.75) is 26.8 Å². The molecule has 31 heavy (non-hydrogen) atoms. The minimum Gasteiger partial charge on any atom is -0.497 e. The second-order valence-corrected chi connectivity index (χ2v) is 7.88. The normalized spacial score (nSPS) is 14.7. The van der Waals surface area contributed by atoms with E-state index in [-0.39, 0.29) is 30.7 Å². The molecule has 162 valence electrons. The number of carbonyl (C=O) groups is 2. The highest BCUT2D eigenvalue weighted by molar-refractivity contribution is 5.95. The van der Waals surface area contributed by atoms with Gasteiger partial charge in [0.1, 0.15) is 5.75 Å². The summed E-state index contributed by atoms with van der Waals surface area (Å²) in [6.45, 7) is 4.36. The molecule has 1 saturated heterocycles. The van der Waals surface area contributed by atoms with Crippen molar-refractivity contribution in [3.05, 3.63) is 65.1 Å². The van der Waals surface area contributed by atoms with Gasteiger partial charge in [-0.15, -0.1) is 0 Å². The Kier molecular flexibility index (Phi) is 5.50. The number of methoxy groups -OCH3 is 1. The Morgan fingerprint density at radius 2 is 2.10 bits per heavy atom. The van der Waals surface area contributed by atoms with E-state index >= 15 is 0 Å². The highest BCUT2D eigenvalue weighted by Crippen LogP contribution is 2.36. The van der Waals surface area contributed by atoms with Gasteiger partial charge >= 0.3 is 0 Å². The molecule has 0 bridgehead atoms. The monoisotopic (exact) mass is 423 g/mol. The maximum Gasteiger partial charge on any atom is 0.291 e. The van der Waals surface area contributed by atoms with E-state index < -0.39 is 5.41 Å². The fourth-order valence-electron chi connectivity index (χ4n) is 3.96. The first-order valence-electron chi connectivity index (χ1n) is 10.0. The Hall–Kier alpha value is -3.62. The fraction of sp³-hybridized carbons (Fsp3) is 0.364. The molecule has 1 aromatic carbocycles. The number of ether oxygens (including phenoxy) is 1. The van der Waals surface area contributed by atoms with Crippen molar-refractivity contribution in [2.24, 2.45) is 5.41 Å². The van der Waals surface area contributed by atoms with Crippen LogP contribution in [-0.4, -0.2) is 52.1 Å². The van der Waals surface area contributed by atoms with Gasteiger partial charge in [-0.1, -0.05) is 12.1 Å². The zero-order chi connectivity index (χ0) is 22.0. The molecule has 3 heterocycles. The van der Waals surface area contributed by atoms with Gasteiger partial charge in [-0.3, -0.25) is 14.7 Å². The van der Waals surface area contributed by atoms with Gasteiger partial charge in [0.25, 0.3) is 5.91 Å². The molecule has 9 heteroatoms. The minimum absolute atomic E-state index is 0.112. The zero-order valence-corrected chi connectivity index (χ0v) is 17.8. The van der Waals surface area contributed by atoms with Crippen LogP contribution < -0.4 is 10.1 Å². The molecule has 0 saturated carbocycles. The molecule has 2 aromatic heterocycles. The Labute approximate surface area is 179 Å². The molecule has 9 nitrogen and oxygen atoms in total. The first-order chi connectivity index (χ1) is 14.9. The Bertz CT molecular complexity index is 1080. The summed E-state index contributed by atoms with van der Waals surface area (Å²) >= 11 is 0. The number of hydrogen-bond acceptors (Lipinski definition) is 6. The summed E-state index contributed by atoms with van der Waals surface area (Å²) in [7, 11) is 1.61. The Morgan fingerprint density at radius 3 is 2.74 bits per heavy atom. The number of benzene rings is 1. The summed E-state index contributed by atoms with van der Waals surface area (Å²) in [6, 6.07) is 9.44. The largest absolute Gasteiger partial charge is 0.497 e. The molecule has 4 rings (SSSR count). The molecule has 0 unspecified atom stereocenters. The van der Waals surface area contributed by atoms with Crippen molar-refractivity contribution >= 4 is 11.8 Å². The van der Waals surface area contributed by atoms with E-state index in [0.29, 0.717) is 24.6 Å². The van der Waals surface area contributed by atoms with Crippen LogP contribution in [0.15, 0.2) is 40.9 Å². The van der Waals surface area contributed by atoms with Gasteiger partial charge < -0.3 is 19.4 Å². The van der Waals surface area contributed by atoms with Crippen molar-refractivity contribution in [2.75, 3.05) is 20.2 Å². The van der Waals surface area contributed by atoms with E-state index in [1.807, 2.05) is 24.3 Å². The zero-order valence-electron chi connectivity index (χ0n) is 17.8. The second-order valence-electron chi connectivity index (χ2n) is 7.88. The Balaban J connectivity index is 1.52. The van der Waals surface area contributed by atoms with Gasteiger partial charge in [-0.2, -0.15) is 5.10 Å². The number of nitrogens with one attached hydrogen (secondary N) is 2. The van der Waals surface area contributed by atoms with Crippen LogP contribution in [0.3, 0.4) is 0 Å². The van der Waals surface area contributed by atoms with Crippen LogP contribution in [0.25, 0.3) is 0 Å². The number of oxazole rings is 1. The van der Waals surface area contributed by atoms with Crippen molar-refractivity contribution in [3.63, 3.8) is 0 Å². The molecular weight excluding hydrogens is 398 g/mol. The molecule has 0 atom stereocenters. The average molecular weight is 423 g/mol. The summed E-state index contributed by atoms with van der Waals surface area (Å²) in [5.74, 6) is 1.04. The molecule has 1 aliphatic heterocycles. The molecule has 0 radical (unpaired) electrons. The quantitative estimate of drug-likeness (QED) is 0.601. The number of likely N-dealkylation sites (tertiary alicyclic amines) is 1. The van der Waals surface area contributed by atoms with Crippen LogP contribution in [0.4, 0.5) is 0 Å². The van der Waals surface area contributed by atoms with Gasteiger partial charge in [0.15, 0.2) is 5.89 Å². The lowest BCUT2D eigenvalue weighted by Gasteiger charge is -2.48. The van der Waals surface area contributed by atoms with Gasteiger partial charge in [0, 0.05) is 26.2 Å². The van der Waals surface area contributed by atoms with Crippen LogP contribution in [0.2, 0.25) is 0 Å². The number of amides is 2. The highest BCUT2D eigenvalue weighted by Gasteiger charge is 2.51. The third-order valence-electron chi connectivity index (χ3n) is 5.53. The number of hydrogen-bond donors (Lipinski definition) is 2. The SMILES string of the molecule is COc1cccc(CC2(C(=O)NCc3ccn[nH]3)CN(C(=O)c3oc(C)nc3C)C2)c1. The van der Waals surface area contributed by atoms with E-state index in [0.717, 1.165) is 17.0 Å². The standard InChI is InChI=1S/C22H25N5O4/c1-14-19(31-15(2)25-14)20(28)27-12-22(13-27,10-16-5-4-6-18(9-16)30-3)21(29)23-11-17-7-8-24-26-17/h4-9H,10-13H2,1-3H3,(H,23,29)(H,24,26). The predicted octanol–water partition coefficient (Wildman–Crippen LogP) is 2.02. The van der Waals surface area contributed by atoms with Gasteiger partial charge in [-0.05, 0) is 37.1 Å². The first kappa shape index (κ1) is 20.6. The number of nitrogens with zero attached hydrogens (tertiary/aromatic N) is 3. The van der Waals surface area contributed by atoms with E-state index in [4.69, 9.17) is 9.15 Å². The summed E-state index contributed by atoms with van der Waals surface area (Å²) in [5.41, 5.74) is 1.58. The number of aryl methyl sites for hydroxylation is 2. The van der Waals surface area contributed by atoms with Crippen LogP contribution in [0, 0.1) is 19.3 Å². The highest BCUT2D eigenvalue weighted by atomic mass is 16.5. The molecule has 1 aliphatic rings. The van der Waals surface area contributed by atoms with Crippen LogP contribution in [0.5, 0.6) is 5.75 Å². The van der Waals surface area contributed by atoms with Crippen LogP contribution in [-0.2, 0) is 17.8 Å². The van der Waals surface area contributed by atoms with Crippen molar-refractivity contribution < 1.29 is 18.7 Å². The Morgan fingerprint density at radius 1 is 1.29 bits per heavy atom. The maximum atomic E-state index is 13.2. The van der Waals surface area contributed by atoms with E-state index in [1.54, 1.807) is 38.1 Å². The van der Waals surface area contributed by atoms with E-state index in [1.165, 1.54) is 0 Å². The molecule has 0 spiro atoms.